The SMILES string of the molecule is C=C1C(I)=CC(C)=C(c2ccccc2)N1CC(F)F. The first-order valence-corrected chi connectivity index (χ1v) is 6.97. The molecule has 0 radical (unpaired) electrons. The van der Waals surface area contributed by atoms with Crippen LogP contribution in [0.5, 0.6) is 0 Å². The monoisotopic (exact) mass is 373 g/mol. The second-order valence-electron chi connectivity index (χ2n) is 4.34. The molecule has 1 aliphatic rings. The first-order valence-electron chi connectivity index (χ1n) is 5.89. The predicted molar refractivity (Wildman–Crippen MR) is 83.0 cm³/mol. The van der Waals surface area contributed by atoms with Crippen LogP contribution >= 0.6 is 22.6 Å². The molecule has 1 aromatic carbocycles. The third-order valence-electron chi connectivity index (χ3n) is 2.96. The molecule has 0 saturated heterocycles. The Bertz CT molecular complexity index is 547. The highest BCUT2D eigenvalue weighted by Gasteiger charge is 2.25. The molecule has 4 heteroatoms. The van der Waals surface area contributed by atoms with Crippen molar-refractivity contribution in [2.75, 3.05) is 6.54 Å². The van der Waals surface area contributed by atoms with Crippen LogP contribution in [0.3, 0.4) is 0 Å². The van der Waals surface area contributed by atoms with Gasteiger partial charge in [0.1, 0.15) is 0 Å². The maximum atomic E-state index is 12.8. The summed E-state index contributed by atoms with van der Waals surface area (Å²) in [5.41, 5.74) is 3.35. The lowest BCUT2D eigenvalue weighted by Gasteiger charge is -2.33. The van der Waals surface area contributed by atoms with Gasteiger partial charge < -0.3 is 4.90 Å². The molecule has 19 heavy (non-hydrogen) atoms. The Morgan fingerprint density at radius 2 is 1.89 bits per heavy atom. The van der Waals surface area contributed by atoms with Gasteiger partial charge in [-0.3, -0.25) is 0 Å². The average molecular weight is 373 g/mol. The number of hydrogen-bond acceptors (Lipinski definition) is 1. The molecule has 1 nitrogen and oxygen atoms in total. The highest BCUT2D eigenvalue weighted by molar-refractivity contribution is 14.1. The number of allylic oxidation sites excluding steroid dienone is 3. The molecule has 0 saturated carbocycles. The van der Waals surface area contributed by atoms with Crippen LogP contribution in [0.2, 0.25) is 0 Å². The lowest BCUT2D eigenvalue weighted by Crippen LogP contribution is -2.29. The van der Waals surface area contributed by atoms with Crippen molar-refractivity contribution < 1.29 is 8.78 Å². The van der Waals surface area contributed by atoms with Gasteiger partial charge in [-0.15, -0.1) is 0 Å². The van der Waals surface area contributed by atoms with Crippen LogP contribution in [0.1, 0.15) is 12.5 Å². The molecule has 0 spiro atoms. The van der Waals surface area contributed by atoms with Crippen LogP contribution in [0.4, 0.5) is 8.78 Å². The fraction of sp³-hybridized carbons (Fsp3) is 0.200. The lowest BCUT2D eigenvalue weighted by molar-refractivity contribution is 0.123. The molecule has 0 amide bonds. The summed E-state index contributed by atoms with van der Waals surface area (Å²) in [6.45, 7) is 5.53. The minimum Gasteiger partial charge on any atom is -0.335 e. The molecule has 0 N–H and O–H groups in total. The van der Waals surface area contributed by atoms with E-state index in [2.05, 4.69) is 29.2 Å². The molecular weight excluding hydrogens is 359 g/mol. The molecule has 2 rings (SSSR count). The summed E-state index contributed by atoms with van der Waals surface area (Å²) < 4.78 is 26.5. The molecule has 0 atom stereocenters. The quantitative estimate of drug-likeness (QED) is 0.686. The van der Waals surface area contributed by atoms with Crippen molar-refractivity contribution >= 4 is 28.3 Å². The normalized spacial score (nSPS) is 16.2. The molecule has 1 aliphatic heterocycles. The summed E-state index contributed by atoms with van der Waals surface area (Å²) in [5.74, 6) is 0. The first-order chi connectivity index (χ1) is 9.00. The van der Waals surface area contributed by atoms with Crippen molar-refractivity contribution in [2.24, 2.45) is 0 Å². The highest BCUT2D eigenvalue weighted by Crippen LogP contribution is 2.37. The third-order valence-corrected chi connectivity index (χ3v) is 3.89. The van der Waals surface area contributed by atoms with Crippen molar-refractivity contribution in [2.45, 2.75) is 13.3 Å². The van der Waals surface area contributed by atoms with Gasteiger partial charge >= 0.3 is 0 Å². The van der Waals surface area contributed by atoms with Crippen LogP contribution in [-0.2, 0) is 0 Å². The molecule has 1 heterocycles. The Kier molecular flexibility index (Phi) is 4.39. The molecule has 0 unspecified atom stereocenters. The molecule has 0 fully saturated rings. The second-order valence-corrected chi connectivity index (χ2v) is 5.50. The van der Waals surface area contributed by atoms with Gasteiger partial charge in [0, 0.05) is 9.28 Å². The van der Waals surface area contributed by atoms with Crippen LogP contribution < -0.4 is 0 Å². The first kappa shape index (κ1) is 14.2. The molecule has 100 valence electrons. The van der Waals surface area contributed by atoms with Crippen LogP contribution in [0.25, 0.3) is 5.70 Å². The highest BCUT2D eigenvalue weighted by atomic mass is 127. The van der Waals surface area contributed by atoms with Gasteiger partial charge in [-0.1, -0.05) is 36.9 Å². The van der Waals surface area contributed by atoms with E-state index < -0.39 is 6.43 Å². The van der Waals surface area contributed by atoms with E-state index in [4.69, 9.17) is 0 Å². The van der Waals surface area contributed by atoms with E-state index in [0.29, 0.717) is 5.70 Å². The topological polar surface area (TPSA) is 3.24 Å². The van der Waals surface area contributed by atoms with E-state index in [9.17, 15) is 8.78 Å². The van der Waals surface area contributed by atoms with Crippen LogP contribution in [0, 0.1) is 0 Å². The van der Waals surface area contributed by atoms with Crippen LogP contribution in [-0.4, -0.2) is 17.9 Å². The summed E-state index contributed by atoms with van der Waals surface area (Å²) in [4.78, 5) is 1.61. The lowest BCUT2D eigenvalue weighted by atomic mass is 10.0. The van der Waals surface area contributed by atoms with E-state index in [1.54, 1.807) is 4.90 Å². The van der Waals surface area contributed by atoms with E-state index in [0.717, 1.165) is 20.4 Å². The maximum absolute atomic E-state index is 12.8. The van der Waals surface area contributed by atoms with Gasteiger partial charge in [0.05, 0.1) is 12.2 Å². The zero-order valence-electron chi connectivity index (χ0n) is 10.5. The Morgan fingerprint density at radius 1 is 1.26 bits per heavy atom. The molecular formula is C15H14F2IN. The smallest absolute Gasteiger partial charge is 0.256 e. The summed E-state index contributed by atoms with van der Waals surface area (Å²) >= 11 is 2.13. The van der Waals surface area contributed by atoms with Gasteiger partial charge in [0.25, 0.3) is 6.43 Å². The summed E-state index contributed by atoms with van der Waals surface area (Å²) in [5, 5.41) is 0. The van der Waals surface area contributed by atoms with Crippen molar-refractivity contribution in [1.82, 2.24) is 4.90 Å². The Hall–Kier alpha value is -1.17. The van der Waals surface area contributed by atoms with Gasteiger partial charge in [0.15, 0.2) is 0 Å². The minimum atomic E-state index is -2.40. The fourth-order valence-corrected chi connectivity index (χ4v) is 2.90. The van der Waals surface area contributed by atoms with Crippen molar-refractivity contribution in [3.05, 3.63) is 63.4 Å². The Balaban J connectivity index is 2.51. The van der Waals surface area contributed by atoms with Crippen molar-refractivity contribution in [3.63, 3.8) is 0 Å². The minimum absolute atomic E-state index is 0.333. The largest absolute Gasteiger partial charge is 0.335 e. The zero-order chi connectivity index (χ0) is 14.0. The summed E-state index contributed by atoms with van der Waals surface area (Å²) in [6.07, 6.45) is -0.418. The molecule has 0 bridgehead atoms. The number of rotatable bonds is 3. The second kappa shape index (κ2) is 5.86. The van der Waals surface area contributed by atoms with Crippen LogP contribution in [0.15, 0.2) is 57.8 Å². The predicted octanol–water partition coefficient (Wildman–Crippen LogP) is 4.83. The Labute approximate surface area is 125 Å². The van der Waals surface area contributed by atoms with E-state index in [1.807, 2.05) is 43.3 Å². The number of alkyl halides is 2. The number of halogens is 3. The van der Waals surface area contributed by atoms with Gasteiger partial charge in [-0.05, 0) is 46.7 Å². The summed E-state index contributed by atoms with van der Waals surface area (Å²) in [6, 6.07) is 9.58. The van der Waals surface area contributed by atoms with Gasteiger partial charge in [0.2, 0.25) is 0 Å². The van der Waals surface area contributed by atoms with Crippen molar-refractivity contribution in [3.8, 4) is 0 Å². The number of hydrogen-bond donors (Lipinski definition) is 0. The van der Waals surface area contributed by atoms with E-state index in [-0.39, 0.29) is 6.54 Å². The van der Waals surface area contributed by atoms with Gasteiger partial charge in [-0.2, -0.15) is 0 Å². The average Bonchev–Trinajstić information content (AvgIpc) is 2.36. The third kappa shape index (κ3) is 3.05. The maximum Gasteiger partial charge on any atom is 0.256 e. The fourth-order valence-electron chi connectivity index (χ4n) is 2.14. The molecule has 0 aliphatic carbocycles. The van der Waals surface area contributed by atoms with Gasteiger partial charge in [-0.25, -0.2) is 8.78 Å². The summed E-state index contributed by atoms with van der Waals surface area (Å²) in [7, 11) is 0. The van der Waals surface area contributed by atoms with E-state index in [1.165, 1.54) is 0 Å². The Morgan fingerprint density at radius 3 is 2.47 bits per heavy atom. The van der Waals surface area contributed by atoms with E-state index >= 15 is 0 Å². The number of nitrogens with zero attached hydrogens (tertiary/aromatic N) is 1. The van der Waals surface area contributed by atoms with Crippen molar-refractivity contribution in [1.29, 1.82) is 0 Å². The zero-order valence-corrected chi connectivity index (χ0v) is 12.7. The number of benzene rings is 1. The standard InChI is InChI=1S/C15H14F2IN/c1-10-8-13(18)11(2)19(9-14(16)17)15(10)12-6-4-3-5-7-12/h3-8,14H,2,9H2,1H3. The molecule has 1 aromatic rings. The molecule has 0 aromatic heterocycles.